The van der Waals surface area contributed by atoms with Gasteiger partial charge in [-0.3, -0.25) is 24.0 Å². The Morgan fingerprint density at radius 3 is 2.37 bits per heavy atom. The molecule has 1 unspecified atom stereocenters. The Balaban J connectivity index is 1.08. The third-order valence-electron chi connectivity index (χ3n) is 9.08. The number of rotatable bonds is 8. The number of hydrogen-bond acceptors (Lipinski definition) is 5. The van der Waals surface area contributed by atoms with Gasteiger partial charge in [-0.2, -0.15) is 0 Å². The molecule has 7 rings (SSSR count). The largest absolute Gasteiger partial charge is 0.383 e. The Morgan fingerprint density at radius 1 is 1.00 bits per heavy atom. The van der Waals surface area contributed by atoms with E-state index in [0.29, 0.717) is 12.0 Å². The first-order chi connectivity index (χ1) is 16.9. The Labute approximate surface area is 205 Å². The molecule has 8 heteroatoms. The van der Waals surface area contributed by atoms with Crippen LogP contribution in [0.1, 0.15) is 70.3 Å². The lowest BCUT2D eigenvalue weighted by molar-refractivity contribution is -0.135. The van der Waals surface area contributed by atoms with E-state index in [-0.39, 0.29) is 18.0 Å². The van der Waals surface area contributed by atoms with Crippen molar-refractivity contribution < 1.29 is 9.59 Å². The molecule has 1 aromatic carbocycles. The summed E-state index contributed by atoms with van der Waals surface area (Å²) in [6.07, 6.45) is 11.4. The molecule has 4 aliphatic carbocycles. The van der Waals surface area contributed by atoms with Crippen LogP contribution in [0.15, 0.2) is 23.0 Å². The number of fused-ring (bicyclic) bond motifs is 1. The van der Waals surface area contributed by atoms with E-state index in [1.165, 1.54) is 43.1 Å². The maximum Gasteiger partial charge on any atom is 0.329 e. The number of piperidine rings is 1. The Bertz CT molecular complexity index is 1180. The summed E-state index contributed by atoms with van der Waals surface area (Å²) in [5, 5.41) is 9.88. The molecule has 1 aromatic heterocycles. The number of aromatic nitrogens is 2. The number of anilines is 1. The number of nitrogens with zero attached hydrogens (tertiary/aromatic N) is 2. The highest BCUT2D eigenvalue weighted by molar-refractivity contribution is 6.00. The van der Waals surface area contributed by atoms with Crippen LogP contribution in [0.5, 0.6) is 0 Å². The van der Waals surface area contributed by atoms with Crippen LogP contribution in [0.4, 0.5) is 5.69 Å². The van der Waals surface area contributed by atoms with Gasteiger partial charge in [0, 0.05) is 25.6 Å². The van der Waals surface area contributed by atoms with E-state index >= 15 is 0 Å². The summed E-state index contributed by atoms with van der Waals surface area (Å²) in [7, 11) is 1.74. The van der Waals surface area contributed by atoms with Crippen molar-refractivity contribution in [2.45, 2.75) is 75.8 Å². The number of imidazole rings is 1. The standard InChI is InChI=1S/C27H37N5O3/c1-31-24-20(5-4-6-21(24)32(26(31)35)22-7-8-23(33)30-25(22)34)28-9-2-3-10-29-27-14-17-11-18(15-27)13-19(12-17)16-27/h4-6,17-19,22,28-29H,2-3,7-16H2,1H3,(H,30,33,34). The molecule has 1 aliphatic heterocycles. The highest BCUT2D eigenvalue weighted by atomic mass is 16.2. The van der Waals surface area contributed by atoms with Gasteiger partial charge in [0.1, 0.15) is 6.04 Å². The van der Waals surface area contributed by atoms with Gasteiger partial charge < -0.3 is 10.6 Å². The molecule has 35 heavy (non-hydrogen) atoms. The molecule has 0 radical (unpaired) electrons. The number of aryl methyl sites for hydroxylation is 1. The zero-order valence-corrected chi connectivity index (χ0v) is 20.6. The molecule has 5 fully saturated rings. The fourth-order valence-electron chi connectivity index (χ4n) is 7.96. The highest BCUT2D eigenvalue weighted by Gasteiger charge is 2.50. The monoisotopic (exact) mass is 479 g/mol. The molecule has 2 heterocycles. The van der Waals surface area contributed by atoms with E-state index in [4.69, 9.17) is 0 Å². The highest BCUT2D eigenvalue weighted by Crippen LogP contribution is 2.55. The Morgan fingerprint density at radius 2 is 1.69 bits per heavy atom. The van der Waals surface area contributed by atoms with Crippen molar-refractivity contribution in [1.82, 2.24) is 19.8 Å². The molecule has 4 bridgehead atoms. The summed E-state index contributed by atoms with van der Waals surface area (Å²) in [6.45, 7) is 1.90. The topological polar surface area (TPSA) is 97.2 Å². The summed E-state index contributed by atoms with van der Waals surface area (Å²) in [5.74, 6) is 2.22. The normalized spacial score (nSPS) is 31.8. The van der Waals surface area contributed by atoms with E-state index in [1.54, 1.807) is 11.6 Å². The maximum atomic E-state index is 13.1. The second-order valence-electron chi connectivity index (χ2n) is 11.6. The molecule has 188 valence electrons. The lowest BCUT2D eigenvalue weighted by atomic mass is 9.53. The van der Waals surface area contributed by atoms with Crippen molar-refractivity contribution in [2.24, 2.45) is 24.8 Å². The van der Waals surface area contributed by atoms with Crippen molar-refractivity contribution in [1.29, 1.82) is 0 Å². The minimum atomic E-state index is -0.658. The molecule has 2 aromatic rings. The zero-order chi connectivity index (χ0) is 24.2. The number of para-hydroxylation sites is 1. The summed E-state index contributed by atoms with van der Waals surface area (Å²) < 4.78 is 3.15. The minimum absolute atomic E-state index is 0.233. The number of hydrogen-bond donors (Lipinski definition) is 3. The van der Waals surface area contributed by atoms with Gasteiger partial charge in [0.2, 0.25) is 11.8 Å². The molecule has 4 saturated carbocycles. The fraction of sp³-hybridized carbons (Fsp3) is 0.667. The predicted octanol–water partition coefficient (Wildman–Crippen LogP) is 3.07. The van der Waals surface area contributed by atoms with Crippen LogP contribution in [-0.4, -0.2) is 39.6 Å². The van der Waals surface area contributed by atoms with E-state index in [9.17, 15) is 14.4 Å². The zero-order valence-electron chi connectivity index (χ0n) is 20.6. The molecular weight excluding hydrogens is 442 g/mol. The number of imide groups is 1. The molecule has 3 N–H and O–H groups in total. The quantitative estimate of drug-likeness (QED) is 0.399. The maximum absolute atomic E-state index is 13.1. The number of amides is 2. The van der Waals surface area contributed by atoms with Crippen LogP contribution in [0, 0.1) is 17.8 Å². The molecule has 1 atom stereocenters. The second kappa shape index (κ2) is 8.80. The average Bonchev–Trinajstić information content (AvgIpc) is 3.06. The third kappa shape index (κ3) is 4.09. The van der Waals surface area contributed by atoms with Crippen LogP contribution in [0.25, 0.3) is 11.0 Å². The molecular formula is C27H37N5O3. The summed E-state index contributed by atoms with van der Waals surface area (Å²) in [5.41, 5.74) is 2.62. The summed E-state index contributed by atoms with van der Waals surface area (Å²) in [6, 6.07) is 5.13. The molecule has 8 nitrogen and oxygen atoms in total. The second-order valence-corrected chi connectivity index (χ2v) is 11.6. The van der Waals surface area contributed by atoms with Crippen molar-refractivity contribution in [3.05, 3.63) is 28.7 Å². The van der Waals surface area contributed by atoms with Gasteiger partial charge in [-0.1, -0.05) is 6.07 Å². The molecule has 1 saturated heterocycles. The van der Waals surface area contributed by atoms with Crippen molar-refractivity contribution in [3.8, 4) is 0 Å². The molecule has 5 aliphatic rings. The summed E-state index contributed by atoms with van der Waals surface area (Å²) >= 11 is 0. The number of carbonyl (C=O) groups is 2. The number of carbonyl (C=O) groups excluding carboxylic acids is 2. The average molecular weight is 480 g/mol. The lowest BCUT2D eigenvalue weighted by Crippen LogP contribution is -2.58. The third-order valence-corrected chi connectivity index (χ3v) is 9.08. The predicted molar refractivity (Wildman–Crippen MR) is 135 cm³/mol. The van der Waals surface area contributed by atoms with E-state index < -0.39 is 11.9 Å². The van der Waals surface area contributed by atoms with Crippen LogP contribution < -0.4 is 21.6 Å². The van der Waals surface area contributed by atoms with Gasteiger partial charge in [-0.25, -0.2) is 4.79 Å². The Kier molecular flexibility index (Phi) is 5.74. The van der Waals surface area contributed by atoms with Crippen molar-refractivity contribution in [2.75, 3.05) is 18.4 Å². The van der Waals surface area contributed by atoms with Crippen LogP contribution in [0.2, 0.25) is 0 Å². The smallest absolute Gasteiger partial charge is 0.329 e. The van der Waals surface area contributed by atoms with Crippen LogP contribution in [0.3, 0.4) is 0 Å². The van der Waals surface area contributed by atoms with Gasteiger partial charge >= 0.3 is 5.69 Å². The SMILES string of the molecule is Cn1c(=O)n(C2CCC(=O)NC2=O)c2cccc(NCCCCNC34CC5CC(CC(C5)C3)C4)c21. The fourth-order valence-corrected chi connectivity index (χ4v) is 7.96. The van der Waals surface area contributed by atoms with Crippen molar-refractivity contribution >= 4 is 28.5 Å². The van der Waals surface area contributed by atoms with E-state index in [0.717, 1.165) is 60.4 Å². The minimum Gasteiger partial charge on any atom is -0.383 e. The van der Waals surface area contributed by atoms with Gasteiger partial charge in [0.05, 0.1) is 16.7 Å². The lowest BCUT2D eigenvalue weighted by Gasteiger charge is -2.57. The van der Waals surface area contributed by atoms with Gasteiger partial charge in [-0.05, 0) is 94.2 Å². The van der Waals surface area contributed by atoms with E-state index in [2.05, 4.69) is 16.0 Å². The van der Waals surface area contributed by atoms with Crippen molar-refractivity contribution in [3.63, 3.8) is 0 Å². The summed E-state index contributed by atoms with van der Waals surface area (Å²) in [4.78, 5) is 37.1. The first-order valence-electron chi connectivity index (χ1n) is 13.4. The number of unbranched alkanes of at least 4 members (excludes halogenated alkanes) is 1. The van der Waals surface area contributed by atoms with Crippen LogP contribution >= 0.6 is 0 Å². The molecule has 0 spiro atoms. The van der Waals surface area contributed by atoms with Gasteiger partial charge in [-0.15, -0.1) is 0 Å². The van der Waals surface area contributed by atoms with E-state index in [1.807, 2.05) is 18.2 Å². The Hall–Kier alpha value is -2.61. The van der Waals surface area contributed by atoms with Gasteiger partial charge in [0.15, 0.2) is 0 Å². The first-order valence-corrected chi connectivity index (χ1v) is 13.4. The van der Waals surface area contributed by atoms with Crippen LogP contribution in [-0.2, 0) is 16.6 Å². The number of nitrogens with one attached hydrogen (secondary N) is 3. The first kappa shape index (κ1) is 22.8. The van der Waals surface area contributed by atoms with Gasteiger partial charge in [0.25, 0.3) is 0 Å². The molecule has 2 amide bonds. The number of benzene rings is 1.